The summed E-state index contributed by atoms with van der Waals surface area (Å²) in [6, 6.07) is 8.64. The van der Waals surface area contributed by atoms with E-state index in [-0.39, 0.29) is 12.0 Å². The van der Waals surface area contributed by atoms with E-state index >= 15 is 0 Å². The maximum atomic E-state index is 12.0. The number of aliphatic hydroxyl groups excluding tert-OH is 1. The number of hydrogen-bond donors (Lipinski definition) is 2. The fraction of sp³-hybridized carbons (Fsp3) is 0.650. The lowest BCUT2D eigenvalue weighted by Gasteiger charge is -2.36. The second-order valence-electron chi connectivity index (χ2n) is 7.41. The van der Waals surface area contributed by atoms with Crippen molar-refractivity contribution in [1.29, 1.82) is 0 Å². The maximum Gasteiger partial charge on any atom is 0.221 e. The first-order chi connectivity index (χ1) is 11.9. The van der Waals surface area contributed by atoms with E-state index in [2.05, 4.69) is 53.2 Å². The molecule has 1 aromatic carbocycles. The molecule has 0 bridgehead atoms. The molecule has 1 heterocycles. The van der Waals surface area contributed by atoms with Crippen molar-refractivity contribution >= 4 is 11.6 Å². The molecule has 0 aliphatic carbocycles. The van der Waals surface area contributed by atoms with Crippen LogP contribution in [0.2, 0.25) is 0 Å². The third-order valence-electron chi connectivity index (χ3n) is 4.79. The Labute approximate surface area is 152 Å². The number of nitrogens with one attached hydrogen (secondary N) is 1. The summed E-state index contributed by atoms with van der Waals surface area (Å²) < 4.78 is 0. The Kier molecular flexibility index (Phi) is 7.72. The summed E-state index contributed by atoms with van der Waals surface area (Å²) in [5.74, 6) is 0.417. The van der Waals surface area contributed by atoms with Crippen molar-refractivity contribution in [3.8, 4) is 0 Å². The van der Waals surface area contributed by atoms with Gasteiger partial charge in [0.25, 0.3) is 0 Å². The van der Waals surface area contributed by atoms with E-state index in [1.807, 2.05) is 0 Å². The lowest BCUT2D eigenvalue weighted by Crippen LogP contribution is -2.47. The molecule has 1 aromatic rings. The van der Waals surface area contributed by atoms with Gasteiger partial charge in [-0.25, -0.2) is 0 Å². The molecule has 0 radical (unpaired) electrons. The first-order valence-electron chi connectivity index (χ1n) is 9.42. The number of nitrogens with zero attached hydrogens (tertiary/aromatic N) is 2. The monoisotopic (exact) mass is 347 g/mol. The van der Waals surface area contributed by atoms with Crippen molar-refractivity contribution in [2.75, 3.05) is 44.2 Å². The van der Waals surface area contributed by atoms with E-state index in [0.717, 1.165) is 39.1 Å². The third-order valence-corrected chi connectivity index (χ3v) is 4.79. The molecule has 1 fully saturated rings. The normalized spacial score (nSPS) is 18.0. The van der Waals surface area contributed by atoms with Crippen LogP contribution in [0, 0.1) is 12.8 Å². The molecule has 5 heteroatoms. The van der Waals surface area contributed by atoms with Crippen molar-refractivity contribution in [2.45, 2.75) is 39.7 Å². The summed E-state index contributed by atoms with van der Waals surface area (Å²) in [6.07, 6.45) is 0.962. The molecular weight excluding hydrogens is 314 g/mol. The van der Waals surface area contributed by atoms with Gasteiger partial charge in [-0.15, -0.1) is 0 Å². The first-order valence-corrected chi connectivity index (χ1v) is 9.42. The van der Waals surface area contributed by atoms with Crippen molar-refractivity contribution in [3.05, 3.63) is 29.8 Å². The molecule has 2 atom stereocenters. The molecule has 0 aromatic heterocycles. The van der Waals surface area contributed by atoms with Crippen molar-refractivity contribution in [3.63, 3.8) is 0 Å². The van der Waals surface area contributed by atoms with Gasteiger partial charge >= 0.3 is 0 Å². The van der Waals surface area contributed by atoms with Crippen LogP contribution >= 0.6 is 0 Å². The predicted molar refractivity (Wildman–Crippen MR) is 103 cm³/mol. The number of aliphatic hydroxyl groups is 1. The molecule has 2 N–H and O–H groups in total. The van der Waals surface area contributed by atoms with Gasteiger partial charge < -0.3 is 15.3 Å². The van der Waals surface area contributed by atoms with E-state index in [4.69, 9.17) is 0 Å². The van der Waals surface area contributed by atoms with Crippen molar-refractivity contribution in [1.82, 2.24) is 10.2 Å². The van der Waals surface area contributed by atoms with Crippen LogP contribution in [0.15, 0.2) is 24.3 Å². The lowest BCUT2D eigenvalue weighted by atomic mass is 10.0. The Morgan fingerprint density at radius 1 is 1.24 bits per heavy atom. The van der Waals surface area contributed by atoms with Gasteiger partial charge in [0.2, 0.25) is 5.91 Å². The van der Waals surface area contributed by atoms with Crippen LogP contribution in [-0.4, -0.2) is 61.3 Å². The highest BCUT2D eigenvalue weighted by molar-refractivity contribution is 5.76. The number of rotatable bonds is 8. The molecule has 0 saturated carbocycles. The summed E-state index contributed by atoms with van der Waals surface area (Å²) in [6.45, 7) is 11.4. The summed E-state index contributed by atoms with van der Waals surface area (Å²) in [5, 5.41) is 12.3. The number of hydrogen-bond acceptors (Lipinski definition) is 4. The molecule has 2 unspecified atom stereocenters. The van der Waals surface area contributed by atoms with E-state index in [9.17, 15) is 9.90 Å². The highest BCUT2D eigenvalue weighted by atomic mass is 16.3. The molecule has 140 valence electrons. The van der Waals surface area contributed by atoms with E-state index < -0.39 is 0 Å². The summed E-state index contributed by atoms with van der Waals surface area (Å²) in [5.41, 5.74) is 2.59. The summed E-state index contributed by atoms with van der Waals surface area (Å²) >= 11 is 0. The molecule has 1 aliphatic rings. The molecule has 1 amide bonds. The number of carbonyl (C=O) groups is 1. The van der Waals surface area contributed by atoms with Crippen molar-refractivity contribution < 1.29 is 9.90 Å². The Morgan fingerprint density at radius 2 is 1.96 bits per heavy atom. The second-order valence-corrected chi connectivity index (χ2v) is 7.41. The second kappa shape index (κ2) is 9.78. The van der Waals surface area contributed by atoms with Gasteiger partial charge in [0, 0.05) is 51.4 Å². The van der Waals surface area contributed by atoms with Gasteiger partial charge in [-0.05, 0) is 43.9 Å². The number of carbonyl (C=O) groups excluding carboxylic acids is 1. The Hall–Kier alpha value is -1.59. The largest absolute Gasteiger partial charge is 0.393 e. The zero-order chi connectivity index (χ0) is 18.2. The topological polar surface area (TPSA) is 55.8 Å². The Balaban J connectivity index is 1.64. The summed E-state index contributed by atoms with van der Waals surface area (Å²) in [7, 11) is 0. The third kappa shape index (κ3) is 7.04. The van der Waals surface area contributed by atoms with E-state index in [1.165, 1.54) is 11.3 Å². The fourth-order valence-electron chi connectivity index (χ4n) is 3.36. The Bertz CT molecular complexity index is 539. The Morgan fingerprint density at radius 3 is 2.60 bits per heavy atom. The first kappa shape index (κ1) is 19.7. The van der Waals surface area contributed by atoms with Crippen LogP contribution in [0.3, 0.4) is 0 Å². The SMILES string of the molecule is Cc1cccc(N2CCN(CCC(=O)NCC(C)CC(C)O)CC2)c1. The van der Waals surface area contributed by atoms with Crippen LogP contribution < -0.4 is 10.2 Å². The van der Waals surface area contributed by atoms with Crippen LogP contribution in [0.25, 0.3) is 0 Å². The average Bonchev–Trinajstić information content (AvgIpc) is 2.58. The number of benzene rings is 1. The minimum absolute atomic E-state index is 0.110. The fourth-order valence-corrected chi connectivity index (χ4v) is 3.36. The van der Waals surface area contributed by atoms with Gasteiger partial charge in [0.05, 0.1) is 6.10 Å². The standard InChI is InChI=1S/C20H33N3O2/c1-16-5-4-6-19(14-16)23-11-9-22(10-12-23)8-7-20(25)21-15-17(2)13-18(3)24/h4-6,14,17-18,24H,7-13,15H2,1-3H3,(H,21,25). The van der Waals surface area contributed by atoms with Crippen LogP contribution in [0.4, 0.5) is 5.69 Å². The van der Waals surface area contributed by atoms with Crippen molar-refractivity contribution in [2.24, 2.45) is 5.92 Å². The number of amides is 1. The molecule has 0 spiro atoms. The van der Waals surface area contributed by atoms with Gasteiger partial charge in [-0.1, -0.05) is 19.1 Å². The van der Waals surface area contributed by atoms with Crippen LogP contribution in [0.5, 0.6) is 0 Å². The average molecular weight is 348 g/mol. The molecule has 1 saturated heterocycles. The lowest BCUT2D eigenvalue weighted by molar-refractivity contribution is -0.121. The molecule has 25 heavy (non-hydrogen) atoms. The summed E-state index contributed by atoms with van der Waals surface area (Å²) in [4.78, 5) is 16.8. The quantitative estimate of drug-likeness (QED) is 0.755. The molecule has 1 aliphatic heterocycles. The molecular formula is C20H33N3O2. The van der Waals surface area contributed by atoms with Gasteiger partial charge in [0.1, 0.15) is 0 Å². The van der Waals surface area contributed by atoms with Crippen LogP contribution in [-0.2, 0) is 4.79 Å². The van der Waals surface area contributed by atoms with Gasteiger partial charge in [-0.2, -0.15) is 0 Å². The molecule has 5 nitrogen and oxygen atoms in total. The predicted octanol–water partition coefficient (Wildman–Crippen LogP) is 2.03. The zero-order valence-corrected chi connectivity index (χ0v) is 15.9. The zero-order valence-electron chi connectivity index (χ0n) is 15.9. The van der Waals surface area contributed by atoms with Crippen LogP contribution in [0.1, 0.15) is 32.3 Å². The highest BCUT2D eigenvalue weighted by Gasteiger charge is 2.18. The van der Waals surface area contributed by atoms with Gasteiger partial charge in [-0.3, -0.25) is 9.69 Å². The number of aryl methyl sites for hydroxylation is 1. The minimum Gasteiger partial charge on any atom is -0.393 e. The number of anilines is 1. The van der Waals surface area contributed by atoms with E-state index in [1.54, 1.807) is 6.92 Å². The molecule has 2 rings (SSSR count). The smallest absolute Gasteiger partial charge is 0.221 e. The number of piperazine rings is 1. The highest BCUT2D eigenvalue weighted by Crippen LogP contribution is 2.17. The minimum atomic E-state index is -0.309. The van der Waals surface area contributed by atoms with Gasteiger partial charge in [0.15, 0.2) is 0 Å². The maximum absolute atomic E-state index is 12.0. The van der Waals surface area contributed by atoms with E-state index in [0.29, 0.717) is 18.9 Å².